The third-order valence-corrected chi connectivity index (χ3v) is 7.80. The highest BCUT2D eigenvalue weighted by atomic mass is 32.2. The summed E-state index contributed by atoms with van der Waals surface area (Å²) in [6, 6.07) is 15.1. The monoisotopic (exact) mass is 394 g/mol. The molecule has 1 heterocycles. The maximum absolute atomic E-state index is 13.0. The number of hydrogen-bond acceptors (Lipinski definition) is 5. The van der Waals surface area contributed by atoms with Gasteiger partial charge in [0.25, 0.3) is 0 Å². The second kappa shape index (κ2) is 7.11. The summed E-state index contributed by atoms with van der Waals surface area (Å²) in [4.78, 5) is 0.189. The van der Waals surface area contributed by atoms with E-state index in [1.807, 2.05) is 30.3 Å². The van der Waals surface area contributed by atoms with Gasteiger partial charge in [0.2, 0.25) is 10.0 Å². The molecule has 8 heteroatoms. The van der Waals surface area contributed by atoms with Crippen LogP contribution in [0.5, 0.6) is 0 Å². The number of nitrogens with zero attached hydrogens (tertiary/aromatic N) is 1. The molecular weight excluding hydrogens is 372 g/mol. The molecule has 0 radical (unpaired) electrons. The van der Waals surface area contributed by atoms with Crippen LogP contribution in [0.1, 0.15) is 11.5 Å². The van der Waals surface area contributed by atoms with Crippen LogP contribution in [-0.4, -0.2) is 47.0 Å². The smallest absolute Gasteiger partial charge is 0.243 e. The van der Waals surface area contributed by atoms with Gasteiger partial charge in [0, 0.05) is 25.3 Å². The van der Waals surface area contributed by atoms with Crippen molar-refractivity contribution in [2.45, 2.75) is 15.7 Å². The molecule has 6 nitrogen and oxygen atoms in total. The van der Waals surface area contributed by atoms with Gasteiger partial charge in [0.1, 0.15) is 0 Å². The molecule has 1 aliphatic rings. The summed E-state index contributed by atoms with van der Waals surface area (Å²) in [7, 11) is -7.07. The molecule has 1 saturated heterocycles. The number of benzene rings is 2. The number of hydrogen-bond donors (Lipinski definition) is 1. The Morgan fingerprint density at radius 2 is 1.50 bits per heavy atom. The van der Waals surface area contributed by atoms with Crippen molar-refractivity contribution in [2.75, 3.05) is 25.9 Å². The van der Waals surface area contributed by atoms with Crippen LogP contribution >= 0.6 is 0 Å². The summed E-state index contributed by atoms with van der Waals surface area (Å²) in [5, 5.41) is 0. The van der Waals surface area contributed by atoms with Gasteiger partial charge in [-0.05, 0) is 42.3 Å². The maximum atomic E-state index is 13.0. The third-order valence-electron chi connectivity index (χ3n) is 4.83. The minimum absolute atomic E-state index is 0.0440. The first-order valence-electron chi connectivity index (χ1n) is 8.29. The maximum Gasteiger partial charge on any atom is 0.243 e. The lowest BCUT2D eigenvalue weighted by Crippen LogP contribution is -2.30. The van der Waals surface area contributed by atoms with Crippen LogP contribution in [0.4, 0.5) is 0 Å². The molecule has 140 valence electrons. The fraction of sp³-hybridized carbons (Fsp3) is 0.333. The molecule has 0 aliphatic carbocycles. The van der Waals surface area contributed by atoms with E-state index in [0.29, 0.717) is 19.6 Å². The number of sulfonamides is 1. The zero-order chi connectivity index (χ0) is 18.9. The van der Waals surface area contributed by atoms with E-state index in [2.05, 4.69) is 0 Å². The Morgan fingerprint density at radius 3 is 2.04 bits per heavy atom. The molecule has 0 bridgehead atoms. The Hall–Kier alpha value is -1.74. The Balaban J connectivity index is 1.88. The van der Waals surface area contributed by atoms with E-state index in [-0.39, 0.29) is 21.6 Å². The number of sulfone groups is 1. The van der Waals surface area contributed by atoms with Gasteiger partial charge in [-0.25, -0.2) is 16.8 Å². The van der Waals surface area contributed by atoms with Gasteiger partial charge in [-0.3, -0.25) is 0 Å². The second-order valence-corrected chi connectivity index (χ2v) is 10.5. The van der Waals surface area contributed by atoms with Gasteiger partial charge in [-0.15, -0.1) is 0 Å². The predicted octanol–water partition coefficient (Wildman–Crippen LogP) is 1.45. The van der Waals surface area contributed by atoms with E-state index in [1.54, 1.807) is 0 Å². The van der Waals surface area contributed by atoms with E-state index in [9.17, 15) is 16.8 Å². The van der Waals surface area contributed by atoms with Crippen molar-refractivity contribution in [1.82, 2.24) is 4.31 Å². The van der Waals surface area contributed by atoms with Gasteiger partial charge in [-0.1, -0.05) is 30.3 Å². The molecule has 2 aromatic rings. The molecule has 2 N–H and O–H groups in total. The van der Waals surface area contributed by atoms with Crippen molar-refractivity contribution in [3.05, 3.63) is 60.2 Å². The molecule has 3 rings (SSSR count). The van der Waals surface area contributed by atoms with Gasteiger partial charge < -0.3 is 5.73 Å². The summed E-state index contributed by atoms with van der Waals surface area (Å²) in [6.45, 7) is 1.12. The van der Waals surface area contributed by atoms with E-state index in [0.717, 1.165) is 11.8 Å². The first-order chi connectivity index (χ1) is 12.2. The molecular formula is C18H22N2O4S2. The summed E-state index contributed by atoms with van der Waals surface area (Å²) in [5.41, 5.74) is 6.96. The van der Waals surface area contributed by atoms with Gasteiger partial charge in [-0.2, -0.15) is 4.31 Å². The zero-order valence-electron chi connectivity index (χ0n) is 14.4. The van der Waals surface area contributed by atoms with E-state index < -0.39 is 19.9 Å². The van der Waals surface area contributed by atoms with Gasteiger partial charge in [0.15, 0.2) is 9.84 Å². The van der Waals surface area contributed by atoms with Crippen molar-refractivity contribution in [3.8, 4) is 0 Å². The zero-order valence-corrected chi connectivity index (χ0v) is 16.1. The highest BCUT2D eigenvalue weighted by Gasteiger charge is 2.39. The molecule has 0 amide bonds. The fourth-order valence-corrected chi connectivity index (χ4v) is 5.51. The SMILES string of the molecule is CS(=O)(=O)c1ccc(S(=O)(=O)N2C[C@@H](CN)[C@H](c3ccccc3)C2)cc1. The van der Waals surface area contributed by atoms with E-state index >= 15 is 0 Å². The van der Waals surface area contributed by atoms with Gasteiger partial charge >= 0.3 is 0 Å². The molecule has 0 spiro atoms. The lowest BCUT2D eigenvalue weighted by atomic mass is 9.89. The lowest BCUT2D eigenvalue weighted by Gasteiger charge is -2.17. The fourth-order valence-electron chi connectivity index (χ4n) is 3.35. The highest BCUT2D eigenvalue weighted by Crippen LogP contribution is 2.35. The molecule has 2 aromatic carbocycles. The Kier molecular flexibility index (Phi) is 5.21. The van der Waals surface area contributed by atoms with E-state index in [4.69, 9.17) is 5.73 Å². The van der Waals surface area contributed by atoms with Crippen molar-refractivity contribution < 1.29 is 16.8 Å². The van der Waals surface area contributed by atoms with E-state index in [1.165, 1.54) is 28.6 Å². The Morgan fingerprint density at radius 1 is 0.923 bits per heavy atom. The van der Waals surface area contributed by atoms with Crippen LogP contribution in [0.15, 0.2) is 64.4 Å². The lowest BCUT2D eigenvalue weighted by molar-refractivity contribution is 0.459. The Bertz CT molecular complexity index is 972. The van der Waals surface area contributed by atoms with Crippen molar-refractivity contribution >= 4 is 19.9 Å². The summed E-state index contributed by atoms with van der Waals surface area (Å²) in [6.07, 6.45) is 1.09. The minimum atomic E-state index is -3.70. The van der Waals surface area contributed by atoms with Crippen LogP contribution in [0.2, 0.25) is 0 Å². The second-order valence-electron chi connectivity index (χ2n) is 6.58. The summed E-state index contributed by atoms with van der Waals surface area (Å²) >= 11 is 0. The van der Waals surface area contributed by atoms with Crippen molar-refractivity contribution in [2.24, 2.45) is 11.7 Å². The standard InChI is InChI=1S/C18H22N2O4S2/c1-25(21,22)16-7-9-17(10-8-16)26(23,24)20-12-15(11-19)18(13-20)14-5-3-2-4-6-14/h2-10,15,18H,11-13,19H2,1H3/t15-,18+/m1/s1. The molecule has 2 atom stereocenters. The first-order valence-corrected chi connectivity index (χ1v) is 11.6. The average Bonchev–Trinajstić information content (AvgIpc) is 3.07. The topological polar surface area (TPSA) is 97.5 Å². The molecule has 0 aromatic heterocycles. The Labute approximate surface area is 154 Å². The van der Waals surface area contributed by atoms with Crippen molar-refractivity contribution in [3.63, 3.8) is 0 Å². The highest BCUT2D eigenvalue weighted by molar-refractivity contribution is 7.90. The summed E-state index contributed by atoms with van der Waals surface area (Å²) in [5.74, 6) is 0.0914. The van der Waals surface area contributed by atoms with Crippen LogP contribution in [0, 0.1) is 5.92 Å². The van der Waals surface area contributed by atoms with Crippen molar-refractivity contribution in [1.29, 1.82) is 0 Å². The average molecular weight is 395 g/mol. The third kappa shape index (κ3) is 3.68. The molecule has 26 heavy (non-hydrogen) atoms. The van der Waals surface area contributed by atoms with Crippen LogP contribution in [-0.2, 0) is 19.9 Å². The van der Waals surface area contributed by atoms with Crippen LogP contribution in [0.3, 0.4) is 0 Å². The number of nitrogens with two attached hydrogens (primary N) is 1. The first kappa shape index (κ1) is 19.0. The molecule has 0 unspecified atom stereocenters. The summed E-state index contributed by atoms with van der Waals surface area (Å²) < 4.78 is 50.5. The normalized spacial score (nSPS) is 21.8. The quantitative estimate of drug-likeness (QED) is 0.828. The van der Waals surface area contributed by atoms with Gasteiger partial charge in [0.05, 0.1) is 9.79 Å². The molecule has 1 fully saturated rings. The van der Waals surface area contributed by atoms with Crippen LogP contribution in [0.25, 0.3) is 0 Å². The minimum Gasteiger partial charge on any atom is -0.330 e. The molecule has 1 aliphatic heterocycles. The predicted molar refractivity (Wildman–Crippen MR) is 100 cm³/mol. The van der Waals surface area contributed by atoms with Crippen LogP contribution < -0.4 is 5.73 Å². The molecule has 0 saturated carbocycles. The number of rotatable bonds is 5. The largest absolute Gasteiger partial charge is 0.330 e.